The van der Waals surface area contributed by atoms with Gasteiger partial charge in [0.2, 0.25) is 0 Å². The number of amides is 2. The first-order valence-corrected chi connectivity index (χ1v) is 14.4. The van der Waals surface area contributed by atoms with Gasteiger partial charge in [-0.2, -0.15) is 0 Å². The van der Waals surface area contributed by atoms with Gasteiger partial charge < -0.3 is 20.9 Å². The zero-order valence-electron chi connectivity index (χ0n) is 22.5. The van der Waals surface area contributed by atoms with E-state index < -0.39 is 0 Å². The Labute approximate surface area is 231 Å². The predicted molar refractivity (Wildman–Crippen MR) is 155 cm³/mol. The third-order valence-corrected chi connectivity index (χ3v) is 9.30. The van der Waals surface area contributed by atoms with E-state index in [0.29, 0.717) is 30.9 Å². The van der Waals surface area contributed by atoms with Crippen LogP contribution in [0.3, 0.4) is 0 Å². The number of nitrogen functional groups attached to an aromatic ring is 1. The van der Waals surface area contributed by atoms with Crippen LogP contribution in [0.4, 0.5) is 14.9 Å². The first-order chi connectivity index (χ1) is 19.4. The number of H-pyrrole nitrogens is 1. The highest BCUT2D eigenvalue weighted by molar-refractivity contribution is 5.83. The van der Waals surface area contributed by atoms with Gasteiger partial charge in [0, 0.05) is 49.5 Å². The van der Waals surface area contributed by atoms with Crippen molar-refractivity contribution in [2.45, 2.75) is 69.2 Å². The smallest absolute Gasteiger partial charge is 0.326 e. The molecule has 0 unspecified atom stereocenters. The zero-order valence-corrected chi connectivity index (χ0v) is 22.5. The molecule has 3 aliphatic heterocycles. The second kappa shape index (κ2) is 9.96. The maximum absolute atomic E-state index is 13.6. The predicted octanol–water partition coefficient (Wildman–Crippen LogP) is 4.75. The molecule has 3 saturated heterocycles. The van der Waals surface area contributed by atoms with Gasteiger partial charge in [-0.1, -0.05) is 18.2 Å². The number of piperidine rings is 2. The van der Waals surface area contributed by atoms with Crippen LogP contribution in [-0.4, -0.2) is 56.6 Å². The fourth-order valence-electron chi connectivity index (χ4n) is 7.33. The van der Waals surface area contributed by atoms with E-state index in [1.807, 2.05) is 33.7 Å². The highest BCUT2D eigenvalue weighted by atomic mass is 19.1. The van der Waals surface area contributed by atoms with Gasteiger partial charge in [0.05, 0.1) is 11.0 Å². The fraction of sp³-hybridized carbons (Fsp3) is 0.419. The summed E-state index contributed by atoms with van der Waals surface area (Å²) in [4.78, 5) is 33.3. The van der Waals surface area contributed by atoms with Gasteiger partial charge in [-0.15, -0.1) is 0 Å². The van der Waals surface area contributed by atoms with E-state index >= 15 is 0 Å². The molecule has 0 spiro atoms. The van der Waals surface area contributed by atoms with Crippen molar-refractivity contribution < 1.29 is 9.18 Å². The van der Waals surface area contributed by atoms with E-state index in [0.717, 1.165) is 66.9 Å². The average molecular weight is 543 g/mol. The van der Waals surface area contributed by atoms with Crippen LogP contribution >= 0.6 is 0 Å². The number of carbonyl (C=O) groups is 1. The molecule has 2 amide bonds. The molecule has 0 radical (unpaired) electrons. The number of likely N-dealkylation sites (tertiary alicyclic amines) is 1. The topological polar surface area (TPSA) is 99.4 Å². The number of anilines is 1. The highest BCUT2D eigenvalue weighted by Crippen LogP contribution is 2.37. The van der Waals surface area contributed by atoms with Crippen molar-refractivity contribution >= 4 is 33.5 Å². The SMILES string of the molecule is Nc1ccc2c(c1)[nH]c(=O)n2C1CCN(C(=O)NC2C[C@H]3CC[C@H](C2)N3Cc2ccc3cc(F)ccc3c2)CC1. The number of nitrogens with zero attached hydrogens (tertiary/aromatic N) is 3. The minimum Gasteiger partial charge on any atom is -0.399 e. The summed E-state index contributed by atoms with van der Waals surface area (Å²) in [6.45, 7) is 2.14. The summed E-state index contributed by atoms with van der Waals surface area (Å²) in [5, 5.41) is 5.33. The van der Waals surface area contributed by atoms with Crippen LogP contribution in [0.25, 0.3) is 21.8 Å². The first kappa shape index (κ1) is 25.1. The van der Waals surface area contributed by atoms with Gasteiger partial charge in [-0.25, -0.2) is 14.0 Å². The Balaban J connectivity index is 0.950. The standard InChI is InChI=1S/C31H35FN6O2/c32-22-4-3-20-13-19(1-2-21(20)14-22)18-37-26-6-7-27(37)17-24(16-26)34-30(39)36-11-9-25(10-12-36)38-29-8-5-23(33)15-28(29)35-31(38)40/h1-5,8,13-15,24-27H,6-7,9-12,16-18,33H2,(H,34,39)(H,35,40)/t26-,27-/m1/s1. The minimum atomic E-state index is -0.206. The first-order valence-electron chi connectivity index (χ1n) is 14.4. The Morgan fingerprint density at radius 1 is 0.925 bits per heavy atom. The molecular formula is C31H35FN6O2. The van der Waals surface area contributed by atoms with Crippen molar-refractivity contribution in [1.29, 1.82) is 0 Å². The number of imidazole rings is 1. The Kier molecular flexibility index (Phi) is 6.26. The fourth-order valence-corrected chi connectivity index (χ4v) is 7.33. The number of aromatic nitrogens is 2. The van der Waals surface area contributed by atoms with Crippen molar-refractivity contribution in [3.63, 3.8) is 0 Å². The van der Waals surface area contributed by atoms with Gasteiger partial charge in [-0.05, 0) is 91.3 Å². The van der Waals surface area contributed by atoms with Crippen LogP contribution in [-0.2, 0) is 6.54 Å². The number of rotatable bonds is 4. The van der Waals surface area contributed by atoms with E-state index in [4.69, 9.17) is 5.73 Å². The lowest BCUT2D eigenvalue weighted by Gasteiger charge is -2.40. The van der Waals surface area contributed by atoms with Crippen LogP contribution in [0.5, 0.6) is 0 Å². The van der Waals surface area contributed by atoms with Gasteiger partial charge in [0.15, 0.2) is 0 Å². The van der Waals surface area contributed by atoms with E-state index in [9.17, 15) is 14.0 Å². The van der Waals surface area contributed by atoms with E-state index in [-0.39, 0.29) is 29.6 Å². The van der Waals surface area contributed by atoms with E-state index in [1.54, 1.807) is 12.1 Å². The number of fused-ring (bicyclic) bond motifs is 4. The second-order valence-corrected chi connectivity index (χ2v) is 11.8. The average Bonchev–Trinajstić information content (AvgIpc) is 3.38. The summed E-state index contributed by atoms with van der Waals surface area (Å²) in [6.07, 6.45) is 5.73. The van der Waals surface area contributed by atoms with Crippen molar-refractivity contribution in [3.05, 3.63) is 76.5 Å². The Hall–Kier alpha value is -3.85. The van der Waals surface area contributed by atoms with Crippen LogP contribution in [0.2, 0.25) is 0 Å². The number of aromatic amines is 1. The number of urea groups is 1. The summed E-state index contributed by atoms with van der Waals surface area (Å²) in [5.41, 5.74) is 9.25. The number of benzene rings is 3. The third kappa shape index (κ3) is 4.62. The van der Waals surface area contributed by atoms with Crippen LogP contribution in [0.1, 0.15) is 50.1 Å². The molecule has 3 aromatic carbocycles. The molecule has 8 nitrogen and oxygen atoms in total. The summed E-state index contributed by atoms with van der Waals surface area (Å²) in [7, 11) is 0. The summed E-state index contributed by atoms with van der Waals surface area (Å²) >= 11 is 0. The zero-order chi connectivity index (χ0) is 27.4. The molecule has 3 aliphatic rings. The molecule has 2 bridgehead atoms. The molecule has 208 valence electrons. The molecule has 3 fully saturated rings. The molecule has 7 rings (SSSR count). The number of hydrogen-bond donors (Lipinski definition) is 3. The molecule has 4 aromatic rings. The third-order valence-electron chi connectivity index (χ3n) is 9.30. The molecule has 4 heterocycles. The lowest BCUT2D eigenvalue weighted by Crippen LogP contribution is -2.53. The number of hydrogen-bond acceptors (Lipinski definition) is 4. The number of nitrogens with two attached hydrogens (primary N) is 1. The van der Waals surface area contributed by atoms with Crippen molar-refractivity contribution in [2.75, 3.05) is 18.8 Å². The Morgan fingerprint density at radius 2 is 1.65 bits per heavy atom. The molecule has 40 heavy (non-hydrogen) atoms. The minimum absolute atomic E-state index is 0.0112. The summed E-state index contributed by atoms with van der Waals surface area (Å²) < 4.78 is 15.4. The lowest BCUT2D eigenvalue weighted by molar-refractivity contribution is 0.105. The quantitative estimate of drug-likeness (QED) is 0.324. The maximum Gasteiger partial charge on any atom is 0.326 e. The number of nitrogens with one attached hydrogen (secondary N) is 2. The highest BCUT2D eigenvalue weighted by Gasteiger charge is 2.41. The van der Waals surface area contributed by atoms with E-state index in [1.165, 1.54) is 11.6 Å². The molecular weight excluding hydrogens is 507 g/mol. The number of carbonyl (C=O) groups excluding carboxylic acids is 1. The largest absolute Gasteiger partial charge is 0.399 e. The van der Waals surface area contributed by atoms with Gasteiger partial charge in [-0.3, -0.25) is 9.47 Å². The second-order valence-electron chi connectivity index (χ2n) is 11.8. The van der Waals surface area contributed by atoms with Crippen LogP contribution in [0, 0.1) is 5.82 Å². The molecule has 0 aliphatic carbocycles. The Bertz CT molecular complexity index is 1620. The van der Waals surface area contributed by atoms with Crippen LogP contribution < -0.4 is 16.7 Å². The number of halogens is 1. The normalized spacial score (nSPS) is 23.7. The molecule has 4 N–H and O–H groups in total. The van der Waals surface area contributed by atoms with Gasteiger partial charge in [0.1, 0.15) is 5.82 Å². The molecule has 2 atom stereocenters. The molecule has 1 aromatic heterocycles. The van der Waals surface area contributed by atoms with E-state index in [2.05, 4.69) is 27.3 Å². The lowest BCUT2D eigenvalue weighted by atomic mass is 9.96. The van der Waals surface area contributed by atoms with Gasteiger partial charge in [0.25, 0.3) is 0 Å². The molecule has 0 saturated carbocycles. The summed E-state index contributed by atoms with van der Waals surface area (Å²) in [5.74, 6) is -0.206. The Morgan fingerprint density at radius 3 is 2.42 bits per heavy atom. The van der Waals surface area contributed by atoms with Crippen molar-refractivity contribution in [3.8, 4) is 0 Å². The van der Waals surface area contributed by atoms with Crippen molar-refractivity contribution in [2.24, 2.45) is 0 Å². The van der Waals surface area contributed by atoms with Crippen LogP contribution in [0.15, 0.2) is 59.4 Å². The van der Waals surface area contributed by atoms with Crippen molar-refractivity contribution in [1.82, 2.24) is 24.7 Å². The monoisotopic (exact) mass is 542 g/mol. The van der Waals surface area contributed by atoms with Gasteiger partial charge >= 0.3 is 11.7 Å². The molecule has 9 heteroatoms. The summed E-state index contributed by atoms with van der Waals surface area (Å²) in [6, 6.07) is 17.9. The maximum atomic E-state index is 13.6.